The van der Waals surface area contributed by atoms with Crippen molar-refractivity contribution in [1.29, 1.82) is 5.26 Å². The van der Waals surface area contributed by atoms with Gasteiger partial charge in [0.2, 0.25) is 0 Å². The number of aromatic nitrogens is 1. The molecule has 32 heavy (non-hydrogen) atoms. The van der Waals surface area contributed by atoms with Crippen LogP contribution in [0.2, 0.25) is 0 Å². The molecule has 2 aromatic carbocycles. The van der Waals surface area contributed by atoms with Gasteiger partial charge in [0.15, 0.2) is 0 Å². The number of alkyl halides is 3. The lowest BCUT2D eigenvalue weighted by Gasteiger charge is -2.14. The SMILES string of the molecule is Cc1ccc(NC(=O)c2cccc(C(F)(F)F)c2)cc1-c1cnc(NC(C)C)c(C#N)c1. The number of carbonyl (C=O) groups excluding carboxylic acids is 1. The summed E-state index contributed by atoms with van der Waals surface area (Å²) in [6.45, 7) is 5.76. The first-order valence-corrected chi connectivity index (χ1v) is 9.85. The highest BCUT2D eigenvalue weighted by atomic mass is 19.4. The normalized spacial score (nSPS) is 11.2. The van der Waals surface area contributed by atoms with Crippen LogP contribution in [0.5, 0.6) is 0 Å². The standard InChI is InChI=1S/C24H21F3N4O/c1-14(2)30-22-17(12-28)9-18(13-29-22)21-11-20(8-7-15(21)3)31-23(32)16-5-4-6-19(10-16)24(25,26)27/h4-11,13-14H,1-3H3,(H,29,30)(H,31,32). The number of anilines is 2. The van der Waals surface area contributed by atoms with Crippen LogP contribution < -0.4 is 10.6 Å². The van der Waals surface area contributed by atoms with E-state index in [0.717, 1.165) is 23.3 Å². The maximum Gasteiger partial charge on any atom is 0.416 e. The minimum absolute atomic E-state index is 0.0977. The summed E-state index contributed by atoms with van der Waals surface area (Å²) in [6, 6.07) is 13.3. The number of hydrogen-bond acceptors (Lipinski definition) is 4. The zero-order valence-electron chi connectivity index (χ0n) is 17.7. The summed E-state index contributed by atoms with van der Waals surface area (Å²) >= 11 is 0. The van der Waals surface area contributed by atoms with Crippen molar-refractivity contribution in [3.63, 3.8) is 0 Å². The predicted molar refractivity (Wildman–Crippen MR) is 117 cm³/mol. The topological polar surface area (TPSA) is 77.8 Å². The lowest BCUT2D eigenvalue weighted by atomic mass is 10.00. The van der Waals surface area contributed by atoms with E-state index in [0.29, 0.717) is 22.6 Å². The van der Waals surface area contributed by atoms with E-state index in [4.69, 9.17) is 0 Å². The highest BCUT2D eigenvalue weighted by Crippen LogP contribution is 2.31. The minimum atomic E-state index is -4.53. The average Bonchev–Trinajstić information content (AvgIpc) is 2.74. The summed E-state index contributed by atoms with van der Waals surface area (Å²) in [5, 5.41) is 15.2. The third kappa shape index (κ3) is 5.24. The molecule has 164 valence electrons. The molecule has 0 aliphatic carbocycles. The molecule has 0 atom stereocenters. The van der Waals surface area contributed by atoms with Crippen molar-refractivity contribution in [1.82, 2.24) is 4.98 Å². The Morgan fingerprint density at radius 3 is 2.53 bits per heavy atom. The van der Waals surface area contributed by atoms with Gasteiger partial charge < -0.3 is 10.6 Å². The van der Waals surface area contributed by atoms with Crippen molar-refractivity contribution >= 4 is 17.4 Å². The third-order valence-corrected chi connectivity index (χ3v) is 4.69. The summed E-state index contributed by atoms with van der Waals surface area (Å²) in [5.41, 5.74) is 2.12. The van der Waals surface area contributed by atoms with E-state index in [1.54, 1.807) is 30.5 Å². The molecular formula is C24H21F3N4O. The van der Waals surface area contributed by atoms with Crippen LogP contribution in [0.1, 0.15) is 40.9 Å². The molecule has 0 aliphatic heterocycles. The van der Waals surface area contributed by atoms with Crippen LogP contribution in [0.25, 0.3) is 11.1 Å². The fraction of sp³-hybridized carbons (Fsp3) is 0.208. The number of hydrogen-bond donors (Lipinski definition) is 2. The Balaban J connectivity index is 1.90. The zero-order valence-corrected chi connectivity index (χ0v) is 17.7. The van der Waals surface area contributed by atoms with Gasteiger partial charge in [-0.1, -0.05) is 12.1 Å². The van der Waals surface area contributed by atoms with Crippen LogP contribution in [0.4, 0.5) is 24.7 Å². The van der Waals surface area contributed by atoms with E-state index in [1.807, 2.05) is 20.8 Å². The van der Waals surface area contributed by atoms with Crippen LogP contribution in [0, 0.1) is 18.3 Å². The van der Waals surface area contributed by atoms with Crippen molar-refractivity contribution in [3.05, 3.63) is 77.0 Å². The Bertz CT molecular complexity index is 1200. The highest BCUT2D eigenvalue weighted by molar-refractivity contribution is 6.04. The molecule has 8 heteroatoms. The number of nitrogens with zero attached hydrogens (tertiary/aromatic N) is 2. The lowest BCUT2D eigenvalue weighted by Crippen LogP contribution is -2.14. The number of nitrogens with one attached hydrogen (secondary N) is 2. The second kappa shape index (κ2) is 9.10. The molecular weight excluding hydrogens is 417 g/mol. The van der Waals surface area contributed by atoms with Crippen molar-refractivity contribution < 1.29 is 18.0 Å². The van der Waals surface area contributed by atoms with Gasteiger partial charge in [-0.05, 0) is 68.3 Å². The summed E-state index contributed by atoms with van der Waals surface area (Å²) in [5.74, 6) is -0.170. The smallest absolute Gasteiger partial charge is 0.367 e. The number of halogens is 3. The summed E-state index contributed by atoms with van der Waals surface area (Å²) in [4.78, 5) is 16.9. The molecule has 0 bridgehead atoms. The first-order chi connectivity index (χ1) is 15.1. The lowest BCUT2D eigenvalue weighted by molar-refractivity contribution is -0.137. The number of nitriles is 1. The Morgan fingerprint density at radius 1 is 1.12 bits per heavy atom. The number of benzene rings is 2. The largest absolute Gasteiger partial charge is 0.416 e. The zero-order chi connectivity index (χ0) is 23.5. The van der Waals surface area contributed by atoms with Gasteiger partial charge in [-0.25, -0.2) is 4.98 Å². The molecule has 1 heterocycles. The minimum Gasteiger partial charge on any atom is -0.367 e. The maximum atomic E-state index is 12.9. The summed E-state index contributed by atoms with van der Waals surface area (Å²) < 4.78 is 38.8. The van der Waals surface area contributed by atoms with Crippen LogP contribution in [0.15, 0.2) is 54.7 Å². The van der Waals surface area contributed by atoms with Gasteiger partial charge in [-0.2, -0.15) is 18.4 Å². The Kier molecular flexibility index (Phi) is 6.49. The maximum absolute atomic E-state index is 12.9. The average molecular weight is 438 g/mol. The molecule has 2 N–H and O–H groups in total. The van der Waals surface area contributed by atoms with Gasteiger partial charge in [-0.15, -0.1) is 0 Å². The van der Waals surface area contributed by atoms with Gasteiger partial charge in [-0.3, -0.25) is 4.79 Å². The van der Waals surface area contributed by atoms with Gasteiger partial charge in [0, 0.05) is 29.1 Å². The molecule has 0 spiro atoms. The first-order valence-electron chi connectivity index (χ1n) is 9.85. The second-order valence-corrected chi connectivity index (χ2v) is 7.59. The van der Waals surface area contributed by atoms with Crippen LogP contribution in [-0.2, 0) is 6.18 Å². The molecule has 0 saturated heterocycles. The van der Waals surface area contributed by atoms with Crippen molar-refractivity contribution in [2.75, 3.05) is 10.6 Å². The summed E-state index contributed by atoms with van der Waals surface area (Å²) in [7, 11) is 0. The fourth-order valence-corrected chi connectivity index (χ4v) is 3.14. The predicted octanol–water partition coefficient (Wildman–Crippen LogP) is 6.02. The highest BCUT2D eigenvalue weighted by Gasteiger charge is 2.30. The second-order valence-electron chi connectivity index (χ2n) is 7.59. The molecule has 5 nitrogen and oxygen atoms in total. The van der Waals surface area contributed by atoms with Gasteiger partial charge in [0.25, 0.3) is 5.91 Å². The number of aryl methyl sites for hydroxylation is 1. The molecule has 1 amide bonds. The molecule has 0 radical (unpaired) electrons. The van der Waals surface area contributed by atoms with Crippen LogP contribution in [0.3, 0.4) is 0 Å². The van der Waals surface area contributed by atoms with Crippen LogP contribution in [-0.4, -0.2) is 16.9 Å². The van der Waals surface area contributed by atoms with E-state index in [9.17, 15) is 23.2 Å². The van der Waals surface area contributed by atoms with Crippen molar-refractivity contribution in [2.45, 2.75) is 33.0 Å². The van der Waals surface area contributed by atoms with Crippen LogP contribution >= 0.6 is 0 Å². The van der Waals surface area contributed by atoms with E-state index in [1.165, 1.54) is 12.1 Å². The number of pyridine rings is 1. The van der Waals surface area contributed by atoms with Crippen molar-refractivity contribution in [2.24, 2.45) is 0 Å². The van der Waals surface area contributed by atoms with E-state index in [2.05, 4.69) is 21.7 Å². The number of amides is 1. The monoisotopic (exact) mass is 438 g/mol. The Hall–Kier alpha value is -3.86. The fourth-order valence-electron chi connectivity index (χ4n) is 3.14. The number of carbonyl (C=O) groups is 1. The van der Waals surface area contributed by atoms with E-state index < -0.39 is 17.6 Å². The van der Waals surface area contributed by atoms with E-state index in [-0.39, 0.29) is 11.6 Å². The summed E-state index contributed by atoms with van der Waals surface area (Å²) in [6.07, 6.45) is -2.90. The molecule has 0 unspecified atom stereocenters. The molecule has 3 rings (SSSR count). The van der Waals surface area contributed by atoms with Gasteiger partial charge in [0.05, 0.1) is 11.1 Å². The first kappa shape index (κ1) is 22.8. The van der Waals surface area contributed by atoms with Crippen molar-refractivity contribution in [3.8, 4) is 17.2 Å². The van der Waals surface area contributed by atoms with E-state index >= 15 is 0 Å². The molecule has 3 aromatic rings. The quantitative estimate of drug-likeness (QED) is 0.511. The Labute approximate surface area is 183 Å². The molecule has 0 saturated carbocycles. The molecule has 1 aromatic heterocycles. The molecule has 0 aliphatic rings. The molecule has 0 fully saturated rings. The Morgan fingerprint density at radius 2 is 1.88 bits per heavy atom. The van der Waals surface area contributed by atoms with Gasteiger partial charge in [0.1, 0.15) is 11.9 Å². The number of rotatable bonds is 5. The third-order valence-electron chi connectivity index (χ3n) is 4.69. The van der Waals surface area contributed by atoms with Gasteiger partial charge >= 0.3 is 6.18 Å².